The van der Waals surface area contributed by atoms with Gasteiger partial charge >= 0.3 is 19.5 Å². The Labute approximate surface area is 281 Å². The third kappa shape index (κ3) is 7.92. The summed E-state index contributed by atoms with van der Waals surface area (Å²) >= 11 is 0. The molecule has 6 rings (SSSR count). The van der Waals surface area contributed by atoms with Gasteiger partial charge in [-0.05, 0) is 43.0 Å². The van der Waals surface area contributed by atoms with Crippen LogP contribution in [0.15, 0.2) is 62.6 Å². The topological polar surface area (TPSA) is 257 Å². The second-order valence-corrected chi connectivity index (χ2v) is 13.2. The van der Waals surface area contributed by atoms with Gasteiger partial charge in [0.2, 0.25) is 0 Å². The minimum absolute atomic E-state index is 0.0607. The Morgan fingerprint density at radius 3 is 2.60 bits per heavy atom. The monoisotopic (exact) mass is 713 g/mol. The fraction of sp³-hybridized carbons (Fsp3) is 0.448. The molecule has 0 saturated carbocycles. The molecule has 20 nitrogen and oxygen atoms in total. The van der Waals surface area contributed by atoms with Crippen LogP contribution in [0.3, 0.4) is 0 Å². The number of rotatable bonds is 13. The van der Waals surface area contributed by atoms with Crippen LogP contribution in [0, 0.1) is 6.92 Å². The van der Waals surface area contributed by atoms with Crippen molar-refractivity contribution in [1.82, 2.24) is 29.1 Å². The van der Waals surface area contributed by atoms with Crippen molar-refractivity contribution in [3.8, 4) is 5.75 Å². The maximum absolute atomic E-state index is 14.1. The number of hydrogen-bond acceptors (Lipinski definition) is 14. The largest absolute Gasteiger partial charge is 0.475 e. The van der Waals surface area contributed by atoms with E-state index in [2.05, 4.69) is 30.0 Å². The first-order valence-electron chi connectivity index (χ1n) is 15.4. The van der Waals surface area contributed by atoms with Crippen LogP contribution in [0.5, 0.6) is 5.75 Å². The highest BCUT2D eigenvalue weighted by atomic mass is 31.2. The summed E-state index contributed by atoms with van der Waals surface area (Å²) in [7, 11) is -4.38. The standard InChI is InChI=1S/C29H32N9O11P/c1-16-10-37(29(42)34-27(16)40)24-9-21(35-36-30)22(49-24)13-46-50(43,44-11-18-3-5-19(6-4-18)47-17(2)39)45-12-20-7-8-23(48-20)38-15-33-25-26(38)31-14-32-28(25)41/h3-6,10,14-15,20-24H,7-9,11-13H2,1-2H3,(H,31,32,41)(H,34,40,42)/t20-,21+,22-,23+,24-,50?/m1/s1. The Morgan fingerprint density at radius 2 is 1.84 bits per heavy atom. The van der Waals surface area contributed by atoms with Crippen molar-refractivity contribution in [1.29, 1.82) is 0 Å². The Bertz CT molecular complexity index is 2140. The summed E-state index contributed by atoms with van der Waals surface area (Å²) in [6.45, 7) is 1.94. The van der Waals surface area contributed by atoms with E-state index in [1.165, 1.54) is 37.3 Å². The molecule has 50 heavy (non-hydrogen) atoms. The number of carbonyl (C=O) groups is 1. The average Bonchev–Trinajstić information content (AvgIpc) is 3.84. The highest BCUT2D eigenvalue weighted by Gasteiger charge is 2.40. The van der Waals surface area contributed by atoms with Crippen molar-refractivity contribution >= 4 is 25.0 Å². The van der Waals surface area contributed by atoms with Crippen molar-refractivity contribution in [2.24, 2.45) is 5.11 Å². The summed E-state index contributed by atoms with van der Waals surface area (Å²) in [5.41, 5.74) is 8.87. The number of nitrogens with zero attached hydrogens (tertiary/aromatic N) is 7. The third-order valence-electron chi connectivity index (χ3n) is 8.01. The van der Waals surface area contributed by atoms with Gasteiger partial charge in [-0.2, -0.15) is 0 Å². The van der Waals surface area contributed by atoms with E-state index in [9.17, 15) is 29.3 Å². The molecule has 3 aromatic heterocycles. The number of ether oxygens (including phenoxy) is 3. The summed E-state index contributed by atoms with van der Waals surface area (Å²) in [5, 5.41) is 3.77. The predicted octanol–water partition coefficient (Wildman–Crippen LogP) is 2.91. The summed E-state index contributed by atoms with van der Waals surface area (Å²) < 4.78 is 51.2. The number of imidazole rings is 1. The van der Waals surface area contributed by atoms with E-state index >= 15 is 0 Å². The van der Waals surface area contributed by atoms with Crippen molar-refractivity contribution in [3.05, 3.63) is 95.9 Å². The molecule has 1 unspecified atom stereocenters. The van der Waals surface area contributed by atoms with Gasteiger partial charge < -0.3 is 19.2 Å². The van der Waals surface area contributed by atoms with Gasteiger partial charge in [-0.25, -0.2) is 19.3 Å². The van der Waals surface area contributed by atoms with Gasteiger partial charge in [-0.1, -0.05) is 17.2 Å². The summed E-state index contributed by atoms with van der Waals surface area (Å²) in [6.07, 6.45) is 2.16. The first-order chi connectivity index (χ1) is 24.0. The summed E-state index contributed by atoms with van der Waals surface area (Å²) in [6, 6.07) is 5.46. The van der Waals surface area contributed by atoms with E-state index in [0.717, 1.165) is 0 Å². The molecule has 264 valence electrons. The highest BCUT2D eigenvalue weighted by molar-refractivity contribution is 7.48. The third-order valence-corrected chi connectivity index (χ3v) is 9.39. The zero-order valence-electron chi connectivity index (χ0n) is 26.7. The number of nitrogens with one attached hydrogen (secondary N) is 2. The number of aromatic nitrogens is 6. The number of fused-ring (bicyclic) bond motifs is 1. The van der Waals surface area contributed by atoms with Crippen LogP contribution in [0.2, 0.25) is 0 Å². The van der Waals surface area contributed by atoms with Crippen LogP contribution in [0.1, 0.15) is 49.8 Å². The average molecular weight is 714 g/mol. The number of carbonyl (C=O) groups excluding carboxylic acids is 1. The molecule has 0 aliphatic carbocycles. The maximum atomic E-state index is 14.1. The smallest absolute Gasteiger partial charge is 0.427 e. The van der Waals surface area contributed by atoms with Crippen molar-refractivity contribution in [2.45, 2.75) is 70.4 Å². The molecule has 2 saturated heterocycles. The molecule has 21 heteroatoms. The number of phosphoric ester groups is 1. The number of benzene rings is 1. The molecule has 6 atom stereocenters. The lowest BCUT2D eigenvalue weighted by molar-refractivity contribution is -0.131. The molecule has 0 spiro atoms. The van der Waals surface area contributed by atoms with Gasteiger partial charge in [0.1, 0.15) is 18.2 Å². The molecular formula is C29H32N9O11P. The molecule has 0 bridgehead atoms. The molecule has 2 N–H and O–H groups in total. The van der Waals surface area contributed by atoms with E-state index < -0.39 is 62.4 Å². The lowest BCUT2D eigenvalue weighted by atomic mass is 10.1. The second-order valence-electron chi connectivity index (χ2n) is 11.5. The zero-order valence-corrected chi connectivity index (χ0v) is 27.6. The number of azide groups is 1. The van der Waals surface area contributed by atoms with Crippen LogP contribution in [0.25, 0.3) is 21.6 Å². The van der Waals surface area contributed by atoms with E-state index in [1.807, 2.05) is 0 Å². The van der Waals surface area contributed by atoms with Gasteiger partial charge in [0, 0.05) is 30.0 Å². The summed E-state index contributed by atoms with van der Waals surface area (Å²) in [4.78, 5) is 63.6. The van der Waals surface area contributed by atoms with Gasteiger partial charge in [-0.15, -0.1) is 0 Å². The lowest BCUT2D eigenvalue weighted by Crippen LogP contribution is -2.33. The predicted molar refractivity (Wildman–Crippen MR) is 171 cm³/mol. The fourth-order valence-corrected chi connectivity index (χ4v) is 6.74. The van der Waals surface area contributed by atoms with Crippen molar-refractivity contribution < 1.29 is 37.1 Å². The van der Waals surface area contributed by atoms with E-state index in [0.29, 0.717) is 29.8 Å². The lowest BCUT2D eigenvalue weighted by Gasteiger charge is -2.23. The zero-order chi connectivity index (χ0) is 35.4. The van der Waals surface area contributed by atoms with Crippen LogP contribution < -0.4 is 21.5 Å². The Balaban J connectivity index is 1.15. The molecule has 0 radical (unpaired) electrons. The normalized spacial score (nSPS) is 23.0. The SMILES string of the molecule is CC(=O)Oc1ccc(COP(=O)(OC[C@H]2CC[C@@H](n3cnc4c(=O)[nH]cnc43)O2)OC[C@H]2O[C@@H](n3cc(C)c(=O)[nH]c3=O)C[C@@H]2N=[N+]=[N-])cc1. The second kappa shape index (κ2) is 14.9. The quantitative estimate of drug-likeness (QED) is 0.0505. The Morgan fingerprint density at radius 1 is 1.06 bits per heavy atom. The van der Waals surface area contributed by atoms with Crippen LogP contribution in [-0.2, 0) is 39.0 Å². The number of aryl methyl sites for hydroxylation is 1. The number of hydrogen-bond donors (Lipinski definition) is 2. The molecule has 4 aromatic rings. The van der Waals surface area contributed by atoms with Crippen LogP contribution >= 0.6 is 7.82 Å². The van der Waals surface area contributed by atoms with Crippen molar-refractivity contribution in [3.63, 3.8) is 0 Å². The molecule has 2 fully saturated rings. The van der Waals surface area contributed by atoms with Gasteiger partial charge in [0.05, 0.1) is 50.7 Å². The van der Waals surface area contributed by atoms with Crippen molar-refractivity contribution in [2.75, 3.05) is 13.2 Å². The van der Waals surface area contributed by atoms with Gasteiger partial charge in [-0.3, -0.25) is 42.1 Å². The van der Waals surface area contributed by atoms with E-state index in [1.54, 1.807) is 28.8 Å². The Hall–Kier alpha value is -4.94. The fourth-order valence-electron chi connectivity index (χ4n) is 5.54. The molecule has 5 heterocycles. The molecule has 1 aromatic carbocycles. The minimum Gasteiger partial charge on any atom is -0.427 e. The number of esters is 1. The summed E-state index contributed by atoms with van der Waals surface area (Å²) in [5.74, 6) is -0.178. The molecule has 2 aliphatic heterocycles. The number of aromatic amines is 2. The number of phosphoric acid groups is 1. The molecule has 2 aliphatic rings. The van der Waals surface area contributed by atoms with E-state index in [-0.39, 0.29) is 36.3 Å². The first-order valence-corrected chi connectivity index (χ1v) is 16.9. The van der Waals surface area contributed by atoms with Gasteiger partial charge in [0.25, 0.3) is 11.1 Å². The van der Waals surface area contributed by atoms with Crippen LogP contribution in [-0.4, -0.2) is 66.5 Å². The Kier molecular flexibility index (Phi) is 10.4. The minimum atomic E-state index is -4.38. The van der Waals surface area contributed by atoms with E-state index in [4.69, 9.17) is 27.8 Å². The molecule has 0 amide bonds. The van der Waals surface area contributed by atoms with Gasteiger partial charge in [0.15, 0.2) is 11.2 Å². The van der Waals surface area contributed by atoms with Crippen LogP contribution in [0.4, 0.5) is 0 Å². The highest BCUT2D eigenvalue weighted by Crippen LogP contribution is 2.51. The first kappa shape index (κ1) is 34.9. The maximum Gasteiger partial charge on any atom is 0.475 e. The number of H-pyrrole nitrogens is 2. The molecular weight excluding hydrogens is 681 g/mol.